The van der Waals surface area contributed by atoms with Gasteiger partial charge in [0, 0.05) is 0 Å². The second kappa shape index (κ2) is 4.68. The average Bonchev–Trinajstić information content (AvgIpc) is 2.96. The number of alkyl halides is 1. The van der Waals surface area contributed by atoms with Crippen LogP contribution in [0, 0.1) is 11.3 Å². The summed E-state index contributed by atoms with van der Waals surface area (Å²) in [6.07, 6.45) is 4.44. The predicted molar refractivity (Wildman–Crippen MR) is 62.8 cm³/mol. The van der Waals surface area contributed by atoms with E-state index >= 15 is 0 Å². The molecule has 1 N–H and O–H groups in total. The molecule has 2 fully saturated rings. The fourth-order valence-corrected chi connectivity index (χ4v) is 4.16. The van der Waals surface area contributed by atoms with Gasteiger partial charge in [-0.1, -0.05) is 0 Å². The van der Waals surface area contributed by atoms with Crippen molar-refractivity contribution in [1.82, 2.24) is 3.53 Å². The minimum atomic E-state index is -0.217. The molecule has 4 heteroatoms. The fourth-order valence-electron chi connectivity index (χ4n) is 2.58. The van der Waals surface area contributed by atoms with Gasteiger partial charge in [0.15, 0.2) is 0 Å². The molecule has 2 rings (SSSR count). The Bertz CT molecular complexity index is 301. The number of rotatable bonds is 3. The summed E-state index contributed by atoms with van der Waals surface area (Å²) in [5, 5.41) is 0. The third kappa shape index (κ3) is 2.78. The van der Waals surface area contributed by atoms with Crippen molar-refractivity contribution in [1.29, 1.82) is 0 Å². The number of hydrogen-bond donors (Lipinski definition) is 1. The first-order valence-electron chi connectivity index (χ1n) is 6.46. The van der Waals surface area contributed by atoms with Gasteiger partial charge in [0.2, 0.25) is 0 Å². The summed E-state index contributed by atoms with van der Waals surface area (Å²) < 4.78 is 9.72. The van der Waals surface area contributed by atoms with E-state index < -0.39 is 0 Å². The number of esters is 1. The van der Waals surface area contributed by atoms with Gasteiger partial charge >= 0.3 is 115 Å². The van der Waals surface area contributed by atoms with E-state index in [1.165, 1.54) is 12.8 Å². The van der Waals surface area contributed by atoms with Gasteiger partial charge in [0.05, 0.1) is 0 Å². The Kier molecular flexibility index (Phi) is 3.74. The van der Waals surface area contributed by atoms with Crippen molar-refractivity contribution < 1.29 is 31.0 Å². The van der Waals surface area contributed by atoms with Crippen molar-refractivity contribution in [2.75, 3.05) is 0 Å². The Morgan fingerprint density at radius 1 is 1.41 bits per heavy atom. The first-order valence-corrected chi connectivity index (χ1v) is 8.79. The maximum absolute atomic E-state index is 12.2. The van der Waals surface area contributed by atoms with E-state index in [-0.39, 0.29) is 44.4 Å². The van der Waals surface area contributed by atoms with Crippen LogP contribution < -0.4 is 25.0 Å². The van der Waals surface area contributed by atoms with E-state index in [9.17, 15) is 4.79 Å². The molecular formula is C13H23INO2-. The van der Waals surface area contributed by atoms with E-state index in [2.05, 4.69) is 24.3 Å². The second-order valence-electron chi connectivity index (χ2n) is 6.28. The minimum absolute atomic E-state index is 0.0107. The third-order valence-electron chi connectivity index (χ3n) is 4.12. The number of hydrogen-bond acceptors (Lipinski definition) is 3. The monoisotopic (exact) mass is 352 g/mol. The zero-order valence-electron chi connectivity index (χ0n) is 11.2. The molecule has 3 nitrogen and oxygen atoms in total. The van der Waals surface area contributed by atoms with Gasteiger partial charge in [-0.15, -0.1) is 0 Å². The molecule has 1 aliphatic carbocycles. The van der Waals surface area contributed by atoms with E-state index in [0.29, 0.717) is 4.05 Å². The summed E-state index contributed by atoms with van der Waals surface area (Å²) in [5.74, 6) is 0.0548. The van der Waals surface area contributed by atoms with Crippen LogP contribution in [0.25, 0.3) is 0 Å². The summed E-state index contributed by atoms with van der Waals surface area (Å²) in [7, 11) is 0. The van der Waals surface area contributed by atoms with Gasteiger partial charge < -0.3 is 0 Å². The Morgan fingerprint density at radius 3 is 2.35 bits per heavy atom. The van der Waals surface area contributed by atoms with Crippen molar-refractivity contribution in [2.24, 2.45) is 11.3 Å². The van der Waals surface area contributed by atoms with Crippen LogP contribution in [-0.2, 0) is 9.53 Å². The first-order chi connectivity index (χ1) is 7.86. The summed E-state index contributed by atoms with van der Waals surface area (Å²) in [6.45, 7) is 8.58. The van der Waals surface area contributed by atoms with Crippen LogP contribution >= 0.6 is 0 Å². The molecule has 1 saturated heterocycles. The molecule has 1 aliphatic heterocycles. The predicted octanol–water partition coefficient (Wildman–Crippen LogP) is -0.542. The Morgan fingerprint density at radius 2 is 1.94 bits per heavy atom. The van der Waals surface area contributed by atoms with Crippen LogP contribution in [0.4, 0.5) is 0 Å². The summed E-state index contributed by atoms with van der Waals surface area (Å²) >= 11 is 0.0845. The standard InChI is InChI=1S/C13H23INO2/c1-9(10-14-15-10)11(16)17-13(12(2,3)4)7-5-6-8-13/h9-10,15H,5-8H2,1-4H3/q-1. The zero-order chi connectivity index (χ0) is 12.7. The van der Waals surface area contributed by atoms with Crippen molar-refractivity contribution >= 4 is 5.97 Å². The topological polar surface area (TPSA) is 48.2 Å². The molecule has 0 radical (unpaired) electrons. The van der Waals surface area contributed by atoms with Gasteiger partial charge in [-0.3, -0.25) is 0 Å². The normalized spacial score (nSPS) is 29.3. The molecule has 17 heavy (non-hydrogen) atoms. The van der Waals surface area contributed by atoms with Crippen molar-refractivity contribution in [2.45, 2.75) is 63.0 Å². The van der Waals surface area contributed by atoms with Gasteiger partial charge in [-0.25, -0.2) is 0 Å². The van der Waals surface area contributed by atoms with Crippen molar-refractivity contribution in [3.05, 3.63) is 0 Å². The molecule has 2 aliphatic rings. The van der Waals surface area contributed by atoms with E-state index in [4.69, 9.17) is 4.74 Å². The molecule has 0 aromatic heterocycles. The first kappa shape index (κ1) is 13.6. The number of ether oxygens (including phenoxy) is 1. The second-order valence-corrected chi connectivity index (χ2v) is 8.87. The van der Waals surface area contributed by atoms with Gasteiger partial charge in [-0.05, 0) is 0 Å². The molecular weight excluding hydrogens is 329 g/mol. The summed E-state index contributed by atoms with van der Waals surface area (Å²) in [5.41, 5.74) is -0.170. The molecule has 2 atom stereocenters. The summed E-state index contributed by atoms with van der Waals surface area (Å²) in [4.78, 5) is 12.2. The Hall–Kier alpha value is 0.160. The molecule has 0 aromatic rings. The van der Waals surface area contributed by atoms with Crippen LogP contribution in [0.2, 0.25) is 0 Å². The molecule has 0 aromatic carbocycles. The molecule has 100 valence electrons. The van der Waals surface area contributed by atoms with Crippen LogP contribution in [0.1, 0.15) is 53.4 Å². The quantitative estimate of drug-likeness (QED) is 0.185. The molecule has 1 saturated carbocycles. The van der Waals surface area contributed by atoms with Gasteiger partial charge in [0.25, 0.3) is 0 Å². The Balaban J connectivity index is 2.05. The number of halogens is 1. The average molecular weight is 352 g/mol. The Labute approximate surface area is 115 Å². The van der Waals surface area contributed by atoms with E-state index in [1.807, 2.05) is 6.92 Å². The van der Waals surface area contributed by atoms with Gasteiger partial charge in [0.1, 0.15) is 0 Å². The fraction of sp³-hybridized carbons (Fsp3) is 0.923. The number of carbonyl (C=O) groups is 1. The molecule has 0 spiro atoms. The number of carbonyl (C=O) groups excluding carboxylic acids is 1. The zero-order valence-corrected chi connectivity index (χ0v) is 13.3. The molecule has 2 unspecified atom stereocenters. The molecule has 0 amide bonds. The van der Waals surface area contributed by atoms with Crippen molar-refractivity contribution in [3.8, 4) is 0 Å². The summed E-state index contributed by atoms with van der Waals surface area (Å²) in [6, 6.07) is 0. The van der Waals surface area contributed by atoms with E-state index in [1.54, 1.807) is 0 Å². The van der Waals surface area contributed by atoms with Crippen LogP contribution in [0.3, 0.4) is 0 Å². The van der Waals surface area contributed by atoms with Crippen LogP contribution in [0.15, 0.2) is 0 Å². The van der Waals surface area contributed by atoms with Crippen LogP contribution in [-0.4, -0.2) is 15.6 Å². The van der Waals surface area contributed by atoms with Gasteiger partial charge in [-0.2, -0.15) is 0 Å². The van der Waals surface area contributed by atoms with Crippen LogP contribution in [0.5, 0.6) is 0 Å². The SMILES string of the molecule is CC(C(=O)OC1(C(C)(C)C)CCCC1)C1N[I-]1. The molecule has 0 bridgehead atoms. The third-order valence-corrected chi connectivity index (χ3v) is 6.54. The molecule has 1 heterocycles. The number of nitrogens with one attached hydrogen (secondary N) is 1. The van der Waals surface area contributed by atoms with E-state index in [0.717, 1.165) is 12.8 Å². The maximum atomic E-state index is 12.2. The van der Waals surface area contributed by atoms with Crippen molar-refractivity contribution in [3.63, 3.8) is 0 Å².